The quantitative estimate of drug-likeness (QED) is 0.299. The van der Waals surface area contributed by atoms with Crippen molar-refractivity contribution in [3.63, 3.8) is 0 Å². The average molecular weight is 521 g/mol. The van der Waals surface area contributed by atoms with Crippen molar-refractivity contribution < 1.29 is 23.0 Å². The lowest BCUT2D eigenvalue weighted by molar-refractivity contribution is 0.0818. The minimum absolute atomic E-state index is 0. The van der Waals surface area contributed by atoms with Crippen LogP contribution in [-0.2, 0) is 13.1 Å². The maximum atomic E-state index is 12.3. The summed E-state index contributed by atoms with van der Waals surface area (Å²) in [6, 6.07) is 12.6. The van der Waals surface area contributed by atoms with Gasteiger partial charge in [-0.15, -0.1) is 24.0 Å². The fourth-order valence-corrected chi connectivity index (χ4v) is 2.49. The second-order valence-electron chi connectivity index (χ2n) is 5.81. The molecule has 0 saturated carbocycles. The standard InChI is InChI=1S/C20H25F2N3O3.HI/c1-23-20(25-12-15-7-8-16(26-2)10-18(15)27-3)24-11-14-5-4-6-17(9-14)28-13-19(21)22;/h4-10,19H,11-13H2,1-3H3,(H2,23,24,25);1H. The minimum atomic E-state index is -2.50. The summed E-state index contributed by atoms with van der Waals surface area (Å²) >= 11 is 0. The molecule has 0 spiro atoms. The van der Waals surface area contributed by atoms with E-state index in [0.29, 0.717) is 30.5 Å². The molecular weight excluding hydrogens is 495 g/mol. The number of halogens is 3. The highest BCUT2D eigenvalue weighted by atomic mass is 127. The summed E-state index contributed by atoms with van der Waals surface area (Å²) in [4.78, 5) is 4.19. The van der Waals surface area contributed by atoms with Crippen LogP contribution in [0.1, 0.15) is 11.1 Å². The van der Waals surface area contributed by atoms with Gasteiger partial charge in [0.05, 0.1) is 14.2 Å². The summed E-state index contributed by atoms with van der Waals surface area (Å²) in [6.07, 6.45) is -2.50. The molecule has 0 aromatic heterocycles. The van der Waals surface area contributed by atoms with E-state index < -0.39 is 13.0 Å². The SMILES string of the molecule is CN=C(NCc1cccc(OCC(F)F)c1)NCc1ccc(OC)cc1OC.I. The lowest BCUT2D eigenvalue weighted by atomic mass is 10.2. The molecule has 2 rings (SSSR count). The molecule has 0 radical (unpaired) electrons. The van der Waals surface area contributed by atoms with E-state index in [2.05, 4.69) is 15.6 Å². The largest absolute Gasteiger partial charge is 0.497 e. The van der Waals surface area contributed by atoms with Crippen LogP contribution in [0.25, 0.3) is 0 Å². The third-order valence-electron chi connectivity index (χ3n) is 3.90. The van der Waals surface area contributed by atoms with Crippen LogP contribution in [0, 0.1) is 0 Å². The van der Waals surface area contributed by atoms with E-state index >= 15 is 0 Å². The van der Waals surface area contributed by atoms with E-state index in [4.69, 9.17) is 14.2 Å². The number of hydrogen-bond donors (Lipinski definition) is 2. The van der Waals surface area contributed by atoms with Gasteiger partial charge in [-0.3, -0.25) is 4.99 Å². The number of alkyl halides is 2. The number of nitrogens with zero attached hydrogens (tertiary/aromatic N) is 1. The number of guanidine groups is 1. The number of aliphatic imine (C=N–C) groups is 1. The van der Waals surface area contributed by atoms with Gasteiger partial charge in [0.25, 0.3) is 6.43 Å². The van der Waals surface area contributed by atoms with Crippen LogP contribution in [0.2, 0.25) is 0 Å². The fourth-order valence-electron chi connectivity index (χ4n) is 2.49. The van der Waals surface area contributed by atoms with Crippen molar-refractivity contribution in [3.8, 4) is 17.2 Å². The Kier molecular flexibility index (Phi) is 11.1. The number of nitrogens with one attached hydrogen (secondary N) is 2. The van der Waals surface area contributed by atoms with Crippen molar-refractivity contribution in [1.29, 1.82) is 0 Å². The third kappa shape index (κ3) is 8.30. The third-order valence-corrected chi connectivity index (χ3v) is 3.90. The molecule has 0 bridgehead atoms. The van der Waals surface area contributed by atoms with Gasteiger partial charge in [0.1, 0.15) is 23.9 Å². The van der Waals surface area contributed by atoms with Crippen molar-refractivity contribution in [2.45, 2.75) is 19.5 Å². The first-order valence-electron chi connectivity index (χ1n) is 8.71. The van der Waals surface area contributed by atoms with Gasteiger partial charge in [-0.2, -0.15) is 0 Å². The maximum Gasteiger partial charge on any atom is 0.272 e. The summed E-state index contributed by atoms with van der Waals surface area (Å²) in [5.41, 5.74) is 1.84. The molecule has 2 aromatic carbocycles. The second kappa shape index (κ2) is 13.0. The molecule has 0 aliphatic heterocycles. The van der Waals surface area contributed by atoms with Gasteiger partial charge >= 0.3 is 0 Å². The molecule has 0 aliphatic rings. The van der Waals surface area contributed by atoms with Crippen molar-refractivity contribution in [2.24, 2.45) is 4.99 Å². The lowest BCUT2D eigenvalue weighted by Gasteiger charge is -2.15. The molecule has 6 nitrogen and oxygen atoms in total. The van der Waals surface area contributed by atoms with Crippen LogP contribution in [0.3, 0.4) is 0 Å². The molecule has 0 saturated heterocycles. The molecular formula is C20H26F2IN3O3. The van der Waals surface area contributed by atoms with Gasteiger partial charge in [0.15, 0.2) is 5.96 Å². The average Bonchev–Trinajstić information content (AvgIpc) is 2.72. The molecule has 0 aliphatic carbocycles. The van der Waals surface area contributed by atoms with E-state index in [9.17, 15) is 8.78 Å². The van der Waals surface area contributed by atoms with Crippen LogP contribution in [0.5, 0.6) is 17.2 Å². The number of benzene rings is 2. The Bertz CT molecular complexity index is 791. The fraction of sp³-hybridized carbons (Fsp3) is 0.350. The molecule has 0 amide bonds. The lowest BCUT2D eigenvalue weighted by Crippen LogP contribution is -2.36. The smallest absolute Gasteiger partial charge is 0.272 e. The molecule has 0 fully saturated rings. The predicted octanol–water partition coefficient (Wildman–Crippen LogP) is 3.83. The van der Waals surface area contributed by atoms with Crippen LogP contribution < -0.4 is 24.8 Å². The predicted molar refractivity (Wildman–Crippen MR) is 120 cm³/mol. The van der Waals surface area contributed by atoms with Gasteiger partial charge < -0.3 is 24.8 Å². The van der Waals surface area contributed by atoms with Gasteiger partial charge in [-0.1, -0.05) is 12.1 Å². The number of rotatable bonds is 9. The zero-order valence-corrected chi connectivity index (χ0v) is 18.9. The molecule has 2 N–H and O–H groups in total. The van der Waals surface area contributed by atoms with E-state index in [0.717, 1.165) is 16.9 Å². The van der Waals surface area contributed by atoms with E-state index in [1.807, 2.05) is 24.3 Å². The first kappa shape index (κ1) is 24.7. The van der Waals surface area contributed by atoms with Crippen molar-refractivity contribution >= 4 is 29.9 Å². The molecule has 160 valence electrons. The van der Waals surface area contributed by atoms with E-state index in [-0.39, 0.29) is 24.0 Å². The maximum absolute atomic E-state index is 12.3. The molecule has 0 heterocycles. The van der Waals surface area contributed by atoms with Crippen LogP contribution >= 0.6 is 24.0 Å². The Morgan fingerprint density at radius 2 is 1.76 bits per heavy atom. The number of methoxy groups -OCH3 is 2. The zero-order chi connectivity index (χ0) is 20.4. The Labute approximate surface area is 186 Å². The summed E-state index contributed by atoms with van der Waals surface area (Å²) in [5, 5.41) is 6.39. The molecule has 0 atom stereocenters. The van der Waals surface area contributed by atoms with Crippen molar-refractivity contribution in [2.75, 3.05) is 27.9 Å². The Morgan fingerprint density at radius 1 is 1.00 bits per heavy atom. The zero-order valence-electron chi connectivity index (χ0n) is 16.6. The minimum Gasteiger partial charge on any atom is -0.497 e. The highest BCUT2D eigenvalue weighted by Gasteiger charge is 2.07. The van der Waals surface area contributed by atoms with Crippen LogP contribution in [0.4, 0.5) is 8.78 Å². The Morgan fingerprint density at radius 3 is 2.41 bits per heavy atom. The van der Waals surface area contributed by atoms with E-state index in [1.54, 1.807) is 39.5 Å². The van der Waals surface area contributed by atoms with Gasteiger partial charge in [-0.25, -0.2) is 8.78 Å². The number of ether oxygens (including phenoxy) is 3. The summed E-state index contributed by atoms with van der Waals surface area (Å²) in [6.45, 7) is 0.347. The van der Waals surface area contributed by atoms with Crippen LogP contribution in [-0.4, -0.2) is 40.3 Å². The van der Waals surface area contributed by atoms with Gasteiger partial charge in [0.2, 0.25) is 0 Å². The summed E-state index contributed by atoms with van der Waals surface area (Å²) in [7, 11) is 4.88. The topological polar surface area (TPSA) is 64.1 Å². The van der Waals surface area contributed by atoms with Crippen molar-refractivity contribution in [1.82, 2.24) is 10.6 Å². The van der Waals surface area contributed by atoms with Crippen molar-refractivity contribution in [3.05, 3.63) is 53.6 Å². The van der Waals surface area contributed by atoms with Gasteiger partial charge in [-0.05, 0) is 29.8 Å². The monoisotopic (exact) mass is 521 g/mol. The van der Waals surface area contributed by atoms with E-state index in [1.165, 1.54) is 0 Å². The van der Waals surface area contributed by atoms with Gasteiger partial charge in [0, 0.05) is 31.8 Å². The summed E-state index contributed by atoms with van der Waals surface area (Å²) < 4.78 is 40.2. The van der Waals surface area contributed by atoms with Crippen LogP contribution in [0.15, 0.2) is 47.5 Å². The Balaban J connectivity index is 0.00000420. The highest BCUT2D eigenvalue weighted by molar-refractivity contribution is 14.0. The molecule has 2 aromatic rings. The highest BCUT2D eigenvalue weighted by Crippen LogP contribution is 2.24. The molecule has 29 heavy (non-hydrogen) atoms. The number of hydrogen-bond acceptors (Lipinski definition) is 4. The first-order chi connectivity index (χ1) is 13.5. The molecule has 9 heteroatoms. The Hall–Kier alpha value is -2.30. The second-order valence-corrected chi connectivity index (χ2v) is 5.81. The normalized spacial score (nSPS) is 10.9. The summed E-state index contributed by atoms with van der Waals surface area (Å²) in [5.74, 6) is 2.44. The molecule has 0 unspecified atom stereocenters. The first-order valence-corrected chi connectivity index (χ1v) is 8.71.